The first-order chi connectivity index (χ1) is 11.2. The summed E-state index contributed by atoms with van der Waals surface area (Å²) in [6, 6.07) is 3.48. The second kappa shape index (κ2) is 5.77. The highest BCUT2D eigenvalue weighted by molar-refractivity contribution is 6.31. The van der Waals surface area contributed by atoms with Gasteiger partial charge >= 0.3 is 6.03 Å². The van der Waals surface area contributed by atoms with Gasteiger partial charge in [-0.1, -0.05) is 11.6 Å². The van der Waals surface area contributed by atoms with Crippen LogP contribution in [0.4, 0.5) is 10.5 Å². The van der Waals surface area contributed by atoms with Gasteiger partial charge in [0.15, 0.2) is 0 Å². The Balaban J connectivity index is 1.43. The standard InChI is InChI=1S/C16H17ClN4O2/c17-11-5-9-3-4-23-15(9)14(7-11)20-16(22)19-12-1-2-13-10(6-12)8-18-21-13/h5,7-8,12H,1-4,6H2,(H,18,21)(H2,19,20,22). The van der Waals surface area contributed by atoms with Crippen LogP contribution >= 0.6 is 11.6 Å². The Hall–Kier alpha value is -2.21. The number of aromatic nitrogens is 2. The molecule has 3 N–H and O–H groups in total. The number of fused-ring (bicyclic) bond motifs is 2. The predicted octanol–water partition coefficient (Wildman–Crippen LogP) is 2.68. The van der Waals surface area contributed by atoms with Crippen molar-refractivity contribution in [2.24, 2.45) is 0 Å². The van der Waals surface area contributed by atoms with E-state index in [0.29, 0.717) is 17.3 Å². The molecule has 2 amide bonds. The van der Waals surface area contributed by atoms with Crippen LogP contribution in [-0.4, -0.2) is 28.9 Å². The van der Waals surface area contributed by atoms with Crippen LogP contribution in [0.3, 0.4) is 0 Å². The van der Waals surface area contributed by atoms with Crippen molar-refractivity contribution in [2.45, 2.75) is 31.7 Å². The number of hydrogen-bond donors (Lipinski definition) is 3. The second-order valence-electron chi connectivity index (χ2n) is 5.95. The monoisotopic (exact) mass is 332 g/mol. The minimum Gasteiger partial charge on any atom is -0.491 e. The number of H-pyrrole nitrogens is 1. The maximum atomic E-state index is 12.3. The number of amides is 2. The number of nitrogens with zero attached hydrogens (tertiary/aromatic N) is 1. The van der Waals surface area contributed by atoms with E-state index in [9.17, 15) is 4.79 Å². The van der Waals surface area contributed by atoms with Crippen molar-refractivity contribution < 1.29 is 9.53 Å². The minimum absolute atomic E-state index is 0.105. The summed E-state index contributed by atoms with van der Waals surface area (Å²) in [4.78, 5) is 12.3. The highest BCUT2D eigenvalue weighted by Gasteiger charge is 2.23. The van der Waals surface area contributed by atoms with E-state index in [1.807, 2.05) is 12.3 Å². The molecule has 23 heavy (non-hydrogen) atoms. The van der Waals surface area contributed by atoms with Crippen LogP contribution in [0, 0.1) is 0 Å². The first-order valence-electron chi connectivity index (χ1n) is 7.73. The molecule has 2 heterocycles. The summed E-state index contributed by atoms with van der Waals surface area (Å²) >= 11 is 6.11. The van der Waals surface area contributed by atoms with Gasteiger partial charge in [0.1, 0.15) is 5.75 Å². The molecular weight excluding hydrogens is 316 g/mol. The minimum atomic E-state index is -0.234. The molecule has 6 nitrogen and oxygen atoms in total. The van der Waals surface area contributed by atoms with Crippen molar-refractivity contribution in [2.75, 3.05) is 11.9 Å². The number of anilines is 1. The fourth-order valence-corrected chi connectivity index (χ4v) is 3.49. The van der Waals surface area contributed by atoms with Gasteiger partial charge in [-0.2, -0.15) is 5.10 Å². The molecule has 0 radical (unpaired) electrons. The molecule has 0 saturated carbocycles. The molecule has 1 aliphatic carbocycles. The molecule has 1 aliphatic heterocycles. The Morgan fingerprint density at radius 2 is 2.26 bits per heavy atom. The molecule has 4 rings (SSSR count). The van der Waals surface area contributed by atoms with Crippen molar-refractivity contribution in [3.05, 3.63) is 40.2 Å². The summed E-state index contributed by atoms with van der Waals surface area (Å²) in [5.41, 5.74) is 4.01. The zero-order valence-corrected chi connectivity index (χ0v) is 13.2. The number of carbonyl (C=O) groups is 1. The van der Waals surface area contributed by atoms with Crippen molar-refractivity contribution in [1.82, 2.24) is 15.5 Å². The van der Waals surface area contributed by atoms with E-state index >= 15 is 0 Å². The summed E-state index contributed by atoms with van der Waals surface area (Å²) in [6.07, 6.45) is 5.24. The van der Waals surface area contributed by atoms with E-state index in [-0.39, 0.29) is 12.1 Å². The molecule has 120 valence electrons. The van der Waals surface area contributed by atoms with E-state index < -0.39 is 0 Å². The first kappa shape index (κ1) is 14.4. The van der Waals surface area contributed by atoms with Crippen LogP contribution in [-0.2, 0) is 19.3 Å². The largest absolute Gasteiger partial charge is 0.491 e. The van der Waals surface area contributed by atoms with Gasteiger partial charge in [-0.15, -0.1) is 0 Å². The lowest BCUT2D eigenvalue weighted by atomic mass is 9.94. The number of ether oxygens (including phenoxy) is 1. The highest BCUT2D eigenvalue weighted by atomic mass is 35.5. The van der Waals surface area contributed by atoms with E-state index in [1.165, 1.54) is 11.3 Å². The Morgan fingerprint density at radius 1 is 1.35 bits per heavy atom. The van der Waals surface area contributed by atoms with E-state index in [4.69, 9.17) is 16.3 Å². The molecule has 0 fully saturated rings. The Morgan fingerprint density at radius 3 is 3.17 bits per heavy atom. The molecule has 0 saturated heterocycles. The quantitative estimate of drug-likeness (QED) is 0.791. The molecule has 1 aromatic carbocycles. The fourth-order valence-electron chi connectivity index (χ4n) is 3.25. The Bertz CT molecular complexity index is 759. The third kappa shape index (κ3) is 2.86. The number of hydrogen-bond acceptors (Lipinski definition) is 3. The van der Waals surface area contributed by atoms with E-state index in [0.717, 1.165) is 37.0 Å². The van der Waals surface area contributed by atoms with Gasteiger partial charge in [0.05, 0.1) is 18.5 Å². The molecule has 1 unspecified atom stereocenters. The Kier molecular flexibility index (Phi) is 3.61. The zero-order valence-electron chi connectivity index (χ0n) is 12.5. The van der Waals surface area contributed by atoms with E-state index in [2.05, 4.69) is 20.8 Å². The fraction of sp³-hybridized carbons (Fsp3) is 0.375. The second-order valence-corrected chi connectivity index (χ2v) is 6.39. The number of aryl methyl sites for hydroxylation is 1. The predicted molar refractivity (Wildman–Crippen MR) is 87.2 cm³/mol. The zero-order chi connectivity index (χ0) is 15.8. The summed E-state index contributed by atoms with van der Waals surface area (Å²) in [5.74, 6) is 0.727. The number of rotatable bonds is 2. The number of nitrogens with one attached hydrogen (secondary N) is 3. The summed E-state index contributed by atoms with van der Waals surface area (Å²) < 4.78 is 5.60. The normalized spacial score (nSPS) is 18.7. The lowest BCUT2D eigenvalue weighted by Crippen LogP contribution is -2.41. The van der Waals surface area contributed by atoms with Crippen LogP contribution in [0.5, 0.6) is 5.75 Å². The van der Waals surface area contributed by atoms with Crippen LogP contribution in [0.15, 0.2) is 18.3 Å². The number of aromatic amines is 1. The van der Waals surface area contributed by atoms with Gasteiger partial charge in [0.2, 0.25) is 0 Å². The van der Waals surface area contributed by atoms with Gasteiger partial charge in [-0.3, -0.25) is 5.10 Å². The lowest BCUT2D eigenvalue weighted by molar-refractivity contribution is 0.247. The topological polar surface area (TPSA) is 79.0 Å². The van der Waals surface area contributed by atoms with Crippen LogP contribution in [0.1, 0.15) is 23.2 Å². The molecule has 2 aromatic rings. The van der Waals surface area contributed by atoms with Crippen molar-refractivity contribution in [3.8, 4) is 5.75 Å². The van der Waals surface area contributed by atoms with E-state index in [1.54, 1.807) is 6.07 Å². The van der Waals surface area contributed by atoms with Crippen LogP contribution in [0.25, 0.3) is 0 Å². The maximum Gasteiger partial charge on any atom is 0.319 e. The van der Waals surface area contributed by atoms with Crippen molar-refractivity contribution in [3.63, 3.8) is 0 Å². The molecule has 1 aromatic heterocycles. The lowest BCUT2D eigenvalue weighted by Gasteiger charge is -2.23. The maximum absolute atomic E-state index is 12.3. The summed E-state index contributed by atoms with van der Waals surface area (Å²) in [6.45, 7) is 0.623. The molecule has 0 spiro atoms. The van der Waals surface area contributed by atoms with Crippen molar-refractivity contribution in [1.29, 1.82) is 0 Å². The van der Waals surface area contributed by atoms with Crippen LogP contribution < -0.4 is 15.4 Å². The summed E-state index contributed by atoms with van der Waals surface area (Å²) in [5, 5.41) is 13.5. The third-order valence-corrected chi connectivity index (χ3v) is 4.57. The SMILES string of the molecule is O=C(Nc1cc(Cl)cc2c1OCC2)NC1CCc2[nH]ncc2C1. The number of benzene rings is 1. The number of carbonyl (C=O) groups excluding carboxylic acids is 1. The van der Waals surface area contributed by atoms with Gasteiger partial charge in [-0.25, -0.2) is 4.79 Å². The molecular formula is C16H17ClN4O2. The molecule has 1 atom stereocenters. The smallest absolute Gasteiger partial charge is 0.319 e. The van der Waals surface area contributed by atoms with Gasteiger partial charge in [-0.05, 0) is 37.0 Å². The molecule has 7 heteroatoms. The number of halogens is 1. The average molecular weight is 333 g/mol. The van der Waals surface area contributed by atoms with Gasteiger partial charge in [0, 0.05) is 28.7 Å². The average Bonchev–Trinajstić information content (AvgIpc) is 3.14. The van der Waals surface area contributed by atoms with Gasteiger partial charge in [0.25, 0.3) is 0 Å². The third-order valence-electron chi connectivity index (χ3n) is 4.35. The van der Waals surface area contributed by atoms with Crippen LogP contribution in [0.2, 0.25) is 5.02 Å². The molecule has 0 bridgehead atoms. The van der Waals surface area contributed by atoms with Crippen molar-refractivity contribution >= 4 is 23.3 Å². The highest BCUT2D eigenvalue weighted by Crippen LogP contribution is 2.36. The summed E-state index contributed by atoms with van der Waals surface area (Å²) in [7, 11) is 0. The first-order valence-corrected chi connectivity index (χ1v) is 8.10. The number of urea groups is 1. The Labute approximate surface area is 138 Å². The molecule has 2 aliphatic rings. The van der Waals surface area contributed by atoms with Gasteiger partial charge < -0.3 is 15.4 Å².